The van der Waals surface area contributed by atoms with E-state index in [1.165, 1.54) is 11.3 Å². The molecule has 6 nitrogen and oxygen atoms in total. The first-order valence-corrected chi connectivity index (χ1v) is 14.0. The van der Waals surface area contributed by atoms with Crippen molar-refractivity contribution in [3.8, 4) is 10.4 Å². The van der Waals surface area contributed by atoms with E-state index in [0.29, 0.717) is 30.1 Å². The zero-order chi connectivity index (χ0) is 28.0. The zero-order valence-electron chi connectivity index (χ0n) is 21.9. The maximum atomic E-state index is 14.3. The number of halogens is 4. The lowest BCUT2D eigenvalue weighted by Gasteiger charge is -2.31. The average Bonchev–Trinajstić information content (AvgIpc) is 3.39. The van der Waals surface area contributed by atoms with Crippen LogP contribution < -0.4 is 5.32 Å². The third kappa shape index (κ3) is 7.52. The van der Waals surface area contributed by atoms with Crippen LogP contribution in [0.15, 0.2) is 36.7 Å². The molecule has 1 aromatic carbocycles. The second-order valence-electron chi connectivity index (χ2n) is 9.93. The van der Waals surface area contributed by atoms with Crippen LogP contribution in [-0.2, 0) is 15.7 Å². The minimum absolute atomic E-state index is 0.0986. The Morgan fingerprint density at radius 3 is 2.64 bits per heavy atom. The van der Waals surface area contributed by atoms with Crippen molar-refractivity contribution in [1.29, 1.82) is 0 Å². The monoisotopic (exact) mass is 564 g/mol. The number of thiazole rings is 1. The van der Waals surface area contributed by atoms with Crippen LogP contribution in [0, 0.1) is 18.8 Å². The predicted molar refractivity (Wildman–Crippen MR) is 143 cm³/mol. The number of carbonyl (C=O) groups is 1. The van der Waals surface area contributed by atoms with Crippen LogP contribution >= 0.6 is 11.3 Å². The zero-order valence-corrected chi connectivity index (χ0v) is 22.7. The fourth-order valence-corrected chi connectivity index (χ4v) is 5.96. The highest BCUT2D eigenvalue weighted by Gasteiger charge is 2.34. The first-order valence-electron chi connectivity index (χ1n) is 13.2. The van der Waals surface area contributed by atoms with Gasteiger partial charge in [-0.15, -0.1) is 11.3 Å². The first kappa shape index (κ1) is 28.9. The summed E-state index contributed by atoms with van der Waals surface area (Å²) in [6, 6.07) is 6.33. The summed E-state index contributed by atoms with van der Waals surface area (Å²) in [4.78, 5) is 25.2. The summed E-state index contributed by atoms with van der Waals surface area (Å²) >= 11 is 1.41. The molecular weight excluding hydrogens is 532 g/mol. The molecule has 2 aromatic heterocycles. The summed E-state index contributed by atoms with van der Waals surface area (Å²) in [6.45, 7) is 3.84. The number of rotatable bonds is 10. The van der Waals surface area contributed by atoms with Crippen molar-refractivity contribution in [2.24, 2.45) is 11.8 Å². The minimum Gasteiger partial charge on any atom is -0.465 e. The summed E-state index contributed by atoms with van der Waals surface area (Å²) in [6.07, 6.45) is 2.89. The molecule has 4 rings (SSSR count). The van der Waals surface area contributed by atoms with Crippen LogP contribution in [0.4, 0.5) is 29.2 Å². The number of anilines is 2. The lowest BCUT2D eigenvalue weighted by molar-refractivity contribution is -0.150. The number of esters is 1. The number of nitrogens with zero attached hydrogens (tertiary/aromatic N) is 3. The van der Waals surface area contributed by atoms with E-state index in [9.17, 15) is 22.4 Å². The quantitative estimate of drug-likeness (QED) is 0.153. The number of hydrogen-bond donors (Lipinski definition) is 1. The Morgan fingerprint density at radius 2 is 1.95 bits per heavy atom. The maximum Gasteiger partial charge on any atom is 0.433 e. The second-order valence-corrected chi connectivity index (χ2v) is 11.0. The molecule has 0 aliphatic heterocycles. The molecule has 0 bridgehead atoms. The van der Waals surface area contributed by atoms with Gasteiger partial charge in [-0.05, 0) is 74.3 Å². The van der Waals surface area contributed by atoms with Gasteiger partial charge in [-0.25, -0.2) is 15.0 Å². The van der Waals surface area contributed by atoms with Gasteiger partial charge >= 0.3 is 12.1 Å². The van der Waals surface area contributed by atoms with Crippen molar-refractivity contribution in [3.63, 3.8) is 0 Å². The van der Waals surface area contributed by atoms with E-state index in [-0.39, 0.29) is 29.7 Å². The van der Waals surface area contributed by atoms with Gasteiger partial charge in [-0.1, -0.05) is 19.4 Å². The van der Waals surface area contributed by atoms with Gasteiger partial charge in [0.15, 0.2) is 0 Å². The molecule has 1 atom stereocenters. The molecule has 0 saturated heterocycles. The Morgan fingerprint density at radius 1 is 1.18 bits per heavy atom. The summed E-state index contributed by atoms with van der Waals surface area (Å²) in [7, 11) is 0. The van der Waals surface area contributed by atoms with Gasteiger partial charge in [0.2, 0.25) is 5.95 Å². The van der Waals surface area contributed by atoms with Gasteiger partial charge in [-0.2, -0.15) is 13.2 Å². The number of carbonyl (C=O) groups excluding carboxylic acids is 1. The van der Waals surface area contributed by atoms with E-state index in [0.717, 1.165) is 54.0 Å². The average molecular weight is 565 g/mol. The van der Waals surface area contributed by atoms with Gasteiger partial charge in [0.25, 0.3) is 0 Å². The molecule has 2 heterocycles. The third-order valence-corrected chi connectivity index (χ3v) is 8.17. The normalized spacial score (nSPS) is 18.5. The fraction of sp³-hybridized carbons (Fsp3) is 0.500. The van der Waals surface area contributed by atoms with E-state index >= 15 is 0 Å². The van der Waals surface area contributed by atoms with Crippen molar-refractivity contribution < 1.29 is 27.1 Å². The van der Waals surface area contributed by atoms with Crippen molar-refractivity contribution in [1.82, 2.24) is 15.0 Å². The molecule has 1 saturated carbocycles. The number of alkyl halides is 4. The van der Waals surface area contributed by atoms with Gasteiger partial charge in [0.05, 0.1) is 29.1 Å². The largest absolute Gasteiger partial charge is 0.465 e. The fourth-order valence-electron chi connectivity index (χ4n) is 4.88. The van der Waals surface area contributed by atoms with Crippen molar-refractivity contribution in [2.75, 3.05) is 18.6 Å². The molecule has 0 radical (unpaired) electrons. The molecule has 1 unspecified atom stereocenters. The molecule has 11 heteroatoms. The topological polar surface area (TPSA) is 77.0 Å². The molecule has 1 fully saturated rings. The molecule has 210 valence electrons. The van der Waals surface area contributed by atoms with Crippen LogP contribution in [0.1, 0.15) is 67.6 Å². The number of nitrogens with one attached hydrogen (secondary N) is 1. The van der Waals surface area contributed by atoms with Crippen LogP contribution in [0.3, 0.4) is 0 Å². The number of ether oxygens (including phenoxy) is 1. The highest BCUT2D eigenvalue weighted by atomic mass is 32.1. The summed E-state index contributed by atoms with van der Waals surface area (Å²) in [5, 5.41) is 3.56. The summed E-state index contributed by atoms with van der Waals surface area (Å²) in [5.74, 6) is -0.671. The predicted octanol–water partition coefficient (Wildman–Crippen LogP) is 7.87. The van der Waals surface area contributed by atoms with E-state index in [2.05, 4.69) is 20.3 Å². The smallest absolute Gasteiger partial charge is 0.433 e. The van der Waals surface area contributed by atoms with Crippen LogP contribution in [0.2, 0.25) is 0 Å². The number of unbranched alkanes of at least 4 members (excludes halogenated alkanes) is 1. The highest BCUT2D eigenvalue weighted by molar-refractivity contribution is 7.15. The van der Waals surface area contributed by atoms with Crippen molar-refractivity contribution in [3.05, 3.63) is 52.9 Å². The van der Waals surface area contributed by atoms with Gasteiger partial charge < -0.3 is 10.1 Å². The Bertz CT molecular complexity index is 1260. The Hall–Kier alpha value is -3.08. The lowest BCUT2D eigenvalue weighted by Crippen LogP contribution is -2.27. The van der Waals surface area contributed by atoms with Crippen molar-refractivity contribution >= 4 is 28.9 Å². The van der Waals surface area contributed by atoms with Crippen molar-refractivity contribution in [2.45, 2.75) is 64.5 Å². The van der Waals surface area contributed by atoms with Crippen LogP contribution in [0.25, 0.3) is 10.4 Å². The van der Waals surface area contributed by atoms with Crippen LogP contribution in [0.5, 0.6) is 0 Å². The second kappa shape index (κ2) is 12.8. The Kier molecular flexibility index (Phi) is 9.53. The molecule has 0 spiro atoms. The maximum absolute atomic E-state index is 14.3. The Labute approximate surface area is 229 Å². The highest BCUT2D eigenvalue weighted by Crippen LogP contribution is 2.42. The van der Waals surface area contributed by atoms with Gasteiger partial charge in [0, 0.05) is 24.0 Å². The molecule has 1 aliphatic carbocycles. The number of benzene rings is 1. The number of aryl methyl sites for hydroxylation is 1. The van der Waals surface area contributed by atoms with E-state index in [4.69, 9.17) is 4.74 Å². The van der Waals surface area contributed by atoms with Crippen LogP contribution in [-0.4, -0.2) is 34.2 Å². The number of aromatic nitrogens is 3. The Balaban J connectivity index is 1.44. The SMILES string of the molecule is CCCCOC(=O)C1CCC(C(CF)c2ncc(-c3cc(C)cc(Nc4nccc(C(F)(F)F)n4)c3)s2)CC1. The summed E-state index contributed by atoms with van der Waals surface area (Å²) in [5.41, 5.74) is 1.19. The molecule has 0 amide bonds. The molecular formula is C28H32F4N4O2S. The van der Waals surface area contributed by atoms with E-state index < -0.39 is 18.5 Å². The molecule has 3 aromatic rings. The summed E-state index contributed by atoms with van der Waals surface area (Å²) < 4.78 is 58.7. The number of hydrogen-bond acceptors (Lipinski definition) is 7. The van der Waals surface area contributed by atoms with Gasteiger partial charge in [-0.3, -0.25) is 9.18 Å². The molecule has 1 N–H and O–H groups in total. The first-order chi connectivity index (χ1) is 18.7. The standard InChI is InChI=1S/C28H32F4N4O2S/c1-3-4-11-38-26(37)19-7-5-18(6-8-19)22(15-29)25-34-16-23(39-25)20-12-17(2)13-21(14-20)35-27-33-10-9-24(36-27)28(30,31)32/h9-10,12-14,16,18-19,22H,3-8,11,15H2,1-2H3,(H,33,35,36). The van der Waals surface area contributed by atoms with Gasteiger partial charge in [0.1, 0.15) is 5.69 Å². The third-order valence-electron chi connectivity index (χ3n) is 6.99. The molecule has 1 aliphatic rings. The minimum atomic E-state index is -4.57. The molecule has 39 heavy (non-hydrogen) atoms. The van der Waals surface area contributed by atoms with E-state index in [1.807, 2.05) is 19.9 Å². The lowest BCUT2D eigenvalue weighted by atomic mass is 9.76. The van der Waals surface area contributed by atoms with E-state index in [1.54, 1.807) is 18.3 Å².